The van der Waals surface area contributed by atoms with Crippen molar-refractivity contribution in [2.45, 2.75) is 39.3 Å². The van der Waals surface area contributed by atoms with E-state index >= 15 is 0 Å². The number of amides is 1. The van der Waals surface area contributed by atoms with Gasteiger partial charge in [0.05, 0.1) is 4.92 Å². The Bertz CT molecular complexity index is 927. The van der Waals surface area contributed by atoms with Crippen molar-refractivity contribution < 1.29 is 24.4 Å². The van der Waals surface area contributed by atoms with Gasteiger partial charge in [-0.2, -0.15) is 0 Å². The van der Waals surface area contributed by atoms with Crippen molar-refractivity contribution in [1.82, 2.24) is 4.90 Å². The van der Waals surface area contributed by atoms with Gasteiger partial charge in [-0.25, -0.2) is 4.79 Å². The van der Waals surface area contributed by atoms with E-state index in [0.717, 1.165) is 18.4 Å². The van der Waals surface area contributed by atoms with Crippen molar-refractivity contribution >= 4 is 17.6 Å². The van der Waals surface area contributed by atoms with Crippen molar-refractivity contribution in [1.29, 1.82) is 0 Å². The summed E-state index contributed by atoms with van der Waals surface area (Å²) in [6, 6.07) is 9.78. The minimum absolute atomic E-state index is 0.0150. The lowest BCUT2D eigenvalue weighted by atomic mass is 10.0. The number of carboxylic acids is 1. The number of carbonyl (C=O) groups is 2. The largest absolute Gasteiger partial charge is 0.481 e. The first kappa shape index (κ1) is 20.3. The van der Waals surface area contributed by atoms with Gasteiger partial charge in [-0.15, -0.1) is 0 Å². The van der Waals surface area contributed by atoms with Crippen LogP contribution < -0.4 is 4.74 Å². The molecule has 29 heavy (non-hydrogen) atoms. The molecule has 0 aliphatic heterocycles. The van der Waals surface area contributed by atoms with E-state index in [2.05, 4.69) is 0 Å². The smallest absolute Gasteiger partial charge is 0.341 e. The molecule has 0 atom stereocenters. The van der Waals surface area contributed by atoms with Crippen LogP contribution in [-0.4, -0.2) is 39.5 Å². The van der Waals surface area contributed by atoms with E-state index < -0.39 is 17.5 Å². The monoisotopic (exact) mass is 398 g/mol. The molecular weight excluding hydrogens is 376 g/mol. The highest BCUT2D eigenvalue weighted by atomic mass is 16.6. The number of aryl methyl sites for hydroxylation is 2. The van der Waals surface area contributed by atoms with Gasteiger partial charge in [-0.05, 0) is 55.5 Å². The van der Waals surface area contributed by atoms with Gasteiger partial charge >= 0.3 is 5.97 Å². The van der Waals surface area contributed by atoms with Gasteiger partial charge in [0, 0.05) is 30.3 Å². The third kappa shape index (κ3) is 4.90. The van der Waals surface area contributed by atoms with Crippen LogP contribution in [0.25, 0.3) is 0 Å². The van der Waals surface area contributed by atoms with Gasteiger partial charge in [-0.1, -0.05) is 12.1 Å². The minimum Gasteiger partial charge on any atom is -0.481 e. The fraction of sp³-hybridized carbons (Fsp3) is 0.333. The number of carboxylic acid groups (broad SMARTS) is 1. The molecule has 0 bridgehead atoms. The lowest BCUT2D eigenvalue weighted by Gasteiger charge is -2.23. The molecule has 0 heterocycles. The minimum atomic E-state index is -1.06. The van der Waals surface area contributed by atoms with Gasteiger partial charge in [-0.3, -0.25) is 14.9 Å². The Kier molecular flexibility index (Phi) is 5.81. The number of hydrogen-bond donors (Lipinski definition) is 1. The van der Waals surface area contributed by atoms with Crippen LogP contribution in [0.15, 0.2) is 36.4 Å². The second-order valence-corrected chi connectivity index (χ2v) is 7.21. The summed E-state index contributed by atoms with van der Waals surface area (Å²) in [4.78, 5) is 36.1. The molecule has 0 unspecified atom stereocenters. The predicted octanol–water partition coefficient (Wildman–Crippen LogP) is 3.48. The molecule has 2 aromatic rings. The fourth-order valence-electron chi connectivity index (χ4n) is 3.27. The zero-order valence-electron chi connectivity index (χ0n) is 16.3. The number of hydrogen-bond acceptors (Lipinski definition) is 5. The molecule has 1 N–H and O–H groups in total. The number of benzene rings is 2. The first-order valence-electron chi connectivity index (χ1n) is 9.26. The number of nitro groups is 1. The van der Waals surface area contributed by atoms with Crippen LogP contribution in [0.4, 0.5) is 5.69 Å². The van der Waals surface area contributed by atoms with Gasteiger partial charge in [0.1, 0.15) is 5.75 Å². The molecular formula is C21H22N2O6. The van der Waals surface area contributed by atoms with Crippen LogP contribution >= 0.6 is 0 Å². The predicted molar refractivity (Wildman–Crippen MR) is 105 cm³/mol. The molecule has 3 rings (SSSR count). The van der Waals surface area contributed by atoms with Crippen LogP contribution in [0.3, 0.4) is 0 Å². The third-order valence-electron chi connectivity index (χ3n) is 4.80. The molecule has 2 aromatic carbocycles. The normalized spacial score (nSPS) is 13.0. The Morgan fingerprint density at radius 2 is 1.76 bits per heavy atom. The summed E-state index contributed by atoms with van der Waals surface area (Å²) in [6.45, 7) is 3.48. The average Bonchev–Trinajstić information content (AvgIpc) is 3.50. The molecule has 8 nitrogen and oxygen atoms in total. The molecule has 0 spiro atoms. The van der Waals surface area contributed by atoms with E-state index in [0.29, 0.717) is 29.0 Å². The van der Waals surface area contributed by atoms with Gasteiger partial charge in [0.2, 0.25) is 0 Å². The quantitative estimate of drug-likeness (QED) is 0.538. The molecule has 1 fully saturated rings. The number of rotatable bonds is 8. The summed E-state index contributed by atoms with van der Waals surface area (Å²) in [6.07, 6.45) is 1.85. The Morgan fingerprint density at radius 3 is 2.24 bits per heavy atom. The zero-order chi connectivity index (χ0) is 21.1. The number of nitro benzene ring substituents is 1. The molecule has 1 saturated carbocycles. The highest BCUT2D eigenvalue weighted by Gasteiger charge is 2.33. The van der Waals surface area contributed by atoms with Gasteiger partial charge < -0.3 is 14.7 Å². The van der Waals surface area contributed by atoms with E-state index in [-0.39, 0.29) is 17.6 Å². The number of carbonyl (C=O) groups excluding carboxylic acids is 1. The Morgan fingerprint density at radius 1 is 1.17 bits per heavy atom. The lowest BCUT2D eigenvalue weighted by Crippen LogP contribution is -2.32. The molecule has 1 aliphatic carbocycles. The lowest BCUT2D eigenvalue weighted by molar-refractivity contribution is -0.384. The molecule has 1 amide bonds. The van der Waals surface area contributed by atoms with Crippen molar-refractivity contribution in [3.05, 3.63) is 68.8 Å². The Labute approximate surface area is 167 Å². The first-order chi connectivity index (χ1) is 13.8. The topological polar surface area (TPSA) is 110 Å². The maximum atomic E-state index is 13.2. The van der Waals surface area contributed by atoms with Crippen LogP contribution in [-0.2, 0) is 11.3 Å². The third-order valence-corrected chi connectivity index (χ3v) is 4.80. The fourth-order valence-corrected chi connectivity index (χ4v) is 3.27. The van der Waals surface area contributed by atoms with Crippen LogP contribution in [0.5, 0.6) is 5.75 Å². The van der Waals surface area contributed by atoms with Gasteiger partial charge in [0.25, 0.3) is 11.6 Å². The molecule has 0 aromatic heterocycles. The molecule has 0 saturated heterocycles. The molecule has 0 radical (unpaired) electrons. The summed E-state index contributed by atoms with van der Waals surface area (Å²) in [5.74, 6) is -0.717. The first-order valence-corrected chi connectivity index (χ1v) is 9.26. The summed E-state index contributed by atoms with van der Waals surface area (Å²) in [7, 11) is 0. The summed E-state index contributed by atoms with van der Waals surface area (Å²) in [5, 5.41) is 19.6. The van der Waals surface area contributed by atoms with Crippen LogP contribution in [0.2, 0.25) is 0 Å². The maximum Gasteiger partial charge on any atom is 0.341 e. The van der Waals surface area contributed by atoms with E-state index in [1.54, 1.807) is 43.0 Å². The number of ether oxygens (including phenoxy) is 1. The van der Waals surface area contributed by atoms with Crippen molar-refractivity contribution in [3.8, 4) is 5.75 Å². The highest BCUT2D eigenvalue weighted by Crippen LogP contribution is 2.32. The van der Waals surface area contributed by atoms with E-state index in [1.165, 1.54) is 12.1 Å². The van der Waals surface area contributed by atoms with E-state index in [9.17, 15) is 19.7 Å². The van der Waals surface area contributed by atoms with Crippen molar-refractivity contribution in [2.24, 2.45) is 0 Å². The SMILES string of the molecule is Cc1cc(C(=O)N(Cc2ccc([N+](=O)[O-])cc2)C2CC2)cc(C)c1OCC(=O)O. The second-order valence-electron chi connectivity index (χ2n) is 7.21. The number of nitrogens with zero attached hydrogens (tertiary/aromatic N) is 2. The van der Waals surface area contributed by atoms with Crippen LogP contribution in [0.1, 0.15) is 39.9 Å². The van der Waals surface area contributed by atoms with E-state index in [1.807, 2.05) is 0 Å². The van der Waals surface area contributed by atoms with Crippen LogP contribution in [0, 0.1) is 24.0 Å². The highest BCUT2D eigenvalue weighted by molar-refractivity contribution is 5.95. The van der Waals surface area contributed by atoms with Crippen molar-refractivity contribution in [2.75, 3.05) is 6.61 Å². The second kappa shape index (κ2) is 8.30. The summed E-state index contributed by atoms with van der Waals surface area (Å²) >= 11 is 0. The number of aliphatic carboxylic acids is 1. The molecule has 152 valence electrons. The maximum absolute atomic E-state index is 13.2. The average molecular weight is 398 g/mol. The molecule has 8 heteroatoms. The van der Waals surface area contributed by atoms with E-state index in [4.69, 9.17) is 9.84 Å². The summed E-state index contributed by atoms with van der Waals surface area (Å²) in [5.41, 5.74) is 2.74. The standard InChI is InChI=1S/C21H22N2O6/c1-13-9-16(10-14(2)20(13)29-12-19(24)25)21(26)22(17-7-8-17)11-15-3-5-18(6-4-15)23(27)28/h3-6,9-10,17H,7-8,11-12H2,1-2H3,(H,24,25). The molecule has 1 aliphatic rings. The Hall–Kier alpha value is -3.42. The summed E-state index contributed by atoms with van der Waals surface area (Å²) < 4.78 is 5.33. The van der Waals surface area contributed by atoms with Gasteiger partial charge in [0.15, 0.2) is 6.61 Å². The Balaban J connectivity index is 1.80. The van der Waals surface area contributed by atoms with Crippen molar-refractivity contribution in [3.63, 3.8) is 0 Å². The number of non-ortho nitro benzene ring substituents is 1. The zero-order valence-corrected chi connectivity index (χ0v) is 16.3.